The van der Waals surface area contributed by atoms with Crippen LogP contribution in [-0.4, -0.2) is 19.4 Å². The van der Waals surface area contributed by atoms with Crippen molar-refractivity contribution in [2.45, 2.75) is 0 Å². The second-order valence-electron chi connectivity index (χ2n) is 5.61. The number of hydrogen-bond acceptors (Lipinski definition) is 2. The van der Waals surface area contributed by atoms with Gasteiger partial charge in [-0.25, -0.2) is 4.79 Å². The fourth-order valence-electron chi connectivity index (χ4n) is 2.87. The van der Waals surface area contributed by atoms with Crippen molar-refractivity contribution in [3.05, 3.63) is 89.4 Å². The van der Waals surface area contributed by atoms with Crippen molar-refractivity contribution >= 4 is 46.7 Å². The molecule has 0 aliphatic rings. The Morgan fingerprint density at radius 2 is 1.40 bits per heavy atom. The highest BCUT2D eigenvalue weighted by Gasteiger charge is 2.26. The van der Waals surface area contributed by atoms with E-state index in [1.165, 1.54) is 7.11 Å². The molecule has 0 fully saturated rings. The number of carbonyl (C=O) groups excluding carboxylic acids is 1. The molecule has 0 aliphatic carbocycles. The third-order valence-electron chi connectivity index (χ3n) is 4.19. The topological polar surface area (TPSA) is 26.3 Å². The molecule has 0 unspecified atom stereocenters. The smallest absolute Gasteiger partial charge is 0.339 e. The van der Waals surface area contributed by atoms with Gasteiger partial charge in [0.2, 0.25) is 0 Å². The lowest BCUT2D eigenvalue weighted by atomic mass is 10.2. The van der Waals surface area contributed by atoms with Crippen molar-refractivity contribution < 1.29 is 9.53 Å². The molecule has 0 spiro atoms. The van der Waals surface area contributed by atoms with Gasteiger partial charge in [0.15, 0.2) is 0 Å². The lowest BCUT2D eigenvalue weighted by Crippen LogP contribution is -2.27. The van der Waals surface area contributed by atoms with Crippen LogP contribution in [0.25, 0.3) is 0 Å². The first kappa shape index (κ1) is 17.5. The molecule has 4 heteroatoms. The van der Waals surface area contributed by atoms with E-state index in [0.717, 1.165) is 15.9 Å². The molecule has 0 atom stereocenters. The van der Waals surface area contributed by atoms with Gasteiger partial charge in [0, 0.05) is 5.30 Å². The maximum Gasteiger partial charge on any atom is 0.339 e. The number of halogens is 1. The molecule has 126 valence electrons. The Kier molecular flexibility index (Phi) is 5.13. The molecule has 0 amide bonds. The second kappa shape index (κ2) is 7.31. The van der Waals surface area contributed by atoms with E-state index < -0.39 is 12.9 Å². The molecule has 3 aromatic carbocycles. The molecule has 0 bridgehead atoms. The number of methoxy groups -OCH3 is 1. The predicted octanol–water partition coefficient (Wildman–Crippen LogP) is 3.85. The van der Waals surface area contributed by atoms with Gasteiger partial charge in [0.05, 0.1) is 17.7 Å². The van der Waals surface area contributed by atoms with Crippen molar-refractivity contribution in [3.63, 3.8) is 0 Å². The lowest BCUT2D eigenvalue weighted by Gasteiger charge is -2.28. The highest BCUT2D eigenvalue weighted by atomic mass is 35.5. The molecule has 3 rings (SSSR count). The molecule has 25 heavy (non-hydrogen) atoms. The first-order valence-electron chi connectivity index (χ1n) is 7.81. The number of ether oxygens (including phenoxy) is 1. The van der Waals surface area contributed by atoms with Gasteiger partial charge in [-0.1, -0.05) is 90.7 Å². The van der Waals surface area contributed by atoms with Crippen LogP contribution in [0.4, 0.5) is 0 Å². The van der Waals surface area contributed by atoms with Gasteiger partial charge in [-0.05, 0) is 23.6 Å². The Bertz CT molecular complexity index is 893. The van der Waals surface area contributed by atoms with Crippen LogP contribution in [0.5, 0.6) is 0 Å². The standard InChI is InChI=1S/C21H18ClO2P/c1-24-21(23)18-14-9-15-19(20(18)22)25(2,16-10-5-3-6-11-16)17-12-7-4-8-13-17/h3-15H,2H2,1H3. The molecule has 0 heterocycles. The van der Waals surface area contributed by atoms with Gasteiger partial charge < -0.3 is 4.74 Å². The van der Waals surface area contributed by atoms with Gasteiger partial charge in [0.1, 0.15) is 0 Å². The van der Waals surface area contributed by atoms with Crippen molar-refractivity contribution in [1.29, 1.82) is 0 Å². The zero-order chi connectivity index (χ0) is 17.9. The fraction of sp³-hybridized carbons (Fsp3) is 0.0476. The highest BCUT2D eigenvalue weighted by molar-refractivity contribution is 7.93. The molecule has 0 aliphatic heterocycles. The average molecular weight is 369 g/mol. The van der Waals surface area contributed by atoms with Gasteiger partial charge in [-0.2, -0.15) is 0 Å². The predicted molar refractivity (Wildman–Crippen MR) is 109 cm³/mol. The molecule has 0 saturated heterocycles. The summed E-state index contributed by atoms with van der Waals surface area (Å²) in [6.45, 7) is -2.23. The SMILES string of the molecule is C=P(c1ccccc1)(c1ccccc1)c1cccc(C(=O)OC)c1Cl. The first-order valence-corrected chi connectivity index (χ1v) is 10.2. The highest BCUT2D eigenvalue weighted by Crippen LogP contribution is 2.44. The Morgan fingerprint density at radius 1 is 0.880 bits per heavy atom. The normalized spacial score (nSPS) is 11.1. The third-order valence-corrected chi connectivity index (χ3v) is 8.28. The maximum absolute atomic E-state index is 12.1. The van der Waals surface area contributed by atoms with Crippen LogP contribution < -0.4 is 15.9 Å². The zero-order valence-corrected chi connectivity index (χ0v) is 15.5. The second-order valence-corrected chi connectivity index (χ2v) is 9.12. The summed E-state index contributed by atoms with van der Waals surface area (Å²) in [4.78, 5) is 12.1. The van der Waals surface area contributed by atoms with E-state index in [2.05, 4.69) is 30.6 Å². The molecular weight excluding hydrogens is 351 g/mol. The summed E-state index contributed by atoms with van der Waals surface area (Å²) >= 11 is 6.65. The van der Waals surface area contributed by atoms with Crippen molar-refractivity contribution in [3.8, 4) is 0 Å². The average Bonchev–Trinajstić information content (AvgIpc) is 2.68. The summed E-state index contributed by atoms with van der Waals surface area (Å²) in [6.07, 6.45) is 4.64. The van der Waals surface area contributed by atoms with E-state index in [1.807, 2.05) is 48.5 Å². The van der Waals surface area contributed by atoms with Crippen LogP contribution in [0.2, 0.25) is 5.02 Å². The van der Waals surface area contributed by atoms with E-state index in [0.29, 0.717) is 10.6 Å². The monoisotopic (exact) mass is 368 g/mol. The van der Waals surface area contributed by atoms with Gasteiger partial charge in [-0.3, -0.25) is 0 Å². The van der Waals surface area contributed by atoms with Gasteiger partial charge in [0.25, 0.3) is 0 Å². The Hall–Kier alpha value is -2.28. The minimum Gasteiger partial charge on any atom is -0.465 e. The summed E-state index contributed by atoms with van der Waals surface area (Å²) in [6, 6.07) is 25.7. The minimum atomic E-state index is -2.23. The Balaban J connectivity index is 2.32. The minimum absolute atomic E-state index is 0.363. The van der Waals surface area contributed by atoms with E-state index in [1.54, 1.807) is 6.07 Å². The summed E-state index contributed by atoms with van der Waals surface area (Å²) in [5.74, 6) is -0.445. The van der Waals surface area contributed by atoms with E-state index in [-0.39, 0.29) is 0 Å². The van der Waals surface area contributed by atoms with Crippen LogP contribution in [0.15, 0.2) is 78.9 Å². The maximum atomic E-state index is 12.1. The summed E-state index contributed by atoms with van der Waals surface area (Å²) in [7, 11) is 1.35. The molecule has 2 nitrogen and oxygen atoms in total. The van der Waals surface area contributed by atoms with E-state index in [4.69, 9.17) is 16.3 Å². The molecular formula is C21H18ClO2P. The number of esters is 1. The molecule has 0 radical (unpaired) electrons. The lowest BCUT2D eigenvalue weighted by molar-refractivity contribution is 0.0601. The number of rotatable bonds is 4. The number of hydrogen-bond donors (Lipinski definition) is 0. The molecule has 3 aromatic rings. The summed E-state index contributed by atoms with van der Waals surface area (Å²) in [5.41, 5.74) is 0.363. The van der Waals surface area contributed by atoms with Crippen LogP contribution in [0.3, 0.4) is 0 Å². The van der Waals surface area contributed by atoms with Gasteiger partial charge >= 0.3 is 5.97 Å². The molecule has 0 N–H and O–H groups in total. The third kappa shape index (κ3) is 3.16. The van der Waals surface area contributed by atoms with E-state index >= 15 is 0 Å². The van der Waals surface area contributed by atoms with Crippen LogP contribution in [-0.2, 0) is 4.74 Å². The van der Waals surface area contributed by atoms with Crippen LogP contribution in [0, 0.1) is 0 Å². The fourth-order valence-corrected chi connectivity index (χ4v) is 6.52. The van der Waals surface area contributed by atoms with E-state index in [9.17, 15) is 4.79 Å². The Labute approximate surface area is 153 Å². The number of benzene rings is 3. The zero-order valence-electron chi connectivity index (χ0n) is 13.9. The largest absolute Gasteiger partial charge is 0.465 e. The van der Waals surface area contributed by atoms with Crippen molar-refractivity contribution in [2.75, 3.05) is 7.11 Å². The van der Waals surface area contributed by atoms with Crippen LogP contribution >= 0.6 is 18.5 Å². The van der Waals surface area contributed by atoms with Crippen LogP contribution in [0.1, 0.15) is 10.4 Å². The quantitative estimate of drug-likeness (QED) is 0.516. The summed E-state index contributed by atoms with van der Waals surface area (Å²) in [5, 5.41) is 3.48. The number of carbonyl (C=O) groups is 1. The summed E-state index contributed by atoms with van der Waals surface area (Å²) < 4.78 is 4.86. The molecule has 0 saturated carbocycles. The van der Waals surface area contributed by atoms with Crippen molar-refractivity contribution in [2.24, 2.45) is 0 Å². The first-order chi connectivity index (χ1) is 12.1. The Morgan fingerprint density at radius 3 is 1.88 bits per heavy atom. The van der Waals surface area contributed by atoms with Gasteiger partial charge in [-0.15, -0.1) is 0 Å². The molecule has 0 aromatic heterocycles. The van der Waals surface area contributed by atoms with Crippen molar-refractivity contribution in [1.82, 2.24) is 0 Å².